The summed E-state index contributed by atoms with van der Waals surface area (Å²) in [5, 5.41) is 11.1. The molecule has 43 heavy (non-hydrogen) atoms. The lowest BCUT2D eigenvalue weighted by Crippen LogP contribution is -2.51. The lowest BCUT2D eigenvalue weighted by atomic mass is 10.0. The van der Waals surface area contributed by atoms with E-state index in [1.54, 1.807) is 19.1 Å². The first-order valence-electron chi connectivity index (χ1n) is 15.8. The molecule has 0 unspecified atom stereocenters. The molecule has 0 saturated heterocycles. The van der Waals surface area contributed by atoms with Gasteiger partial charge in [-0.05, 0) is 60.2 Å². The van der Waals surface area contributed by atoms with Gasteiger partial charge in [-0.25, -0.2) is 0 Å². The van der Waals surface area contributed by atoms with Crippen molar-refractivity contribution in [2.75, 3.05) is 14.2 Å². The molecule has 0 fully saturated rings. The first-order valence-corrected chi connectivity index (χ1v) is 20.8. The number of carbonyl (C=O) groups is 1. The molecule has 242 valence electrons. The van der Waals surface area contributed by atoms with Gasteiger partial charge in [0.15, 0.2) is 5.75 Å². The van der Waals surface area contributed by atoms with E-state index in [1.807, 2.05) is 50.2 Å². The van der Waals surface area contributed by atoms with Crippen LogP contribution in [0.1, 0.15) is 92.0 Å². The predicted molar refractivity (Wildman–Crippen MR) is 185 cm³/mol. The molecule has 2 aromatic rings. The number of benzene rings is 2. The van der Waals surface area contributed by atoms with E-state index in [9.17, 15) is 9.90 Å². The second-order valence-corrected chi connectivity index (χ2v) is 24.7. The van der Waals surface area contributed by atoms with E-state index < -0.39 is 28.8 Å². The summed E-state index contributed by atoms with van der Waals surface area (Å²) in [7, 11) is -1.17. The summed E-state index contributed by atoms with van der Waals surface area (Å²) in [6.45, 7) is 28.5. The van der Waals surface area contributed by atoms with Crippen LogP contribution in [0.2, 0.25) is 34.8 Å². The van der Waals surface area contributed by atoms with E-state index in [2.05, 4.69) is 75.4 Å². The number of ether oxygens (including phenoxy) is 1. The molecule has 8 heteroatoms. The molecule has 0 bridgehead atoms. The number of amides is 1. The lowest BCUT2D eigenvalue weighted by Gasteiger charge is -2.43. The molecule has 2 atom stereocenters. The zero-order valence-corrected chi connectivity index (χ0v) is 31.6. The Hall–Kier alpha value is -2.30. The molecule has 6 nitrogen and oxygen atoms in total. The molecule has 2 aromatic carbocycles. The average Bonchev–Trinajstić information content (AvgIpc) is 2.90. The molecular formula is C35H59NO5Si2. The minimum atomic E-state index is -2.38. The van der Waals surface area contributed by atoms with Gasteiger partial charge < -0.3 is 23.6 Å². The Labute approximate surface area is 264 Å². The van der Waals surface area contributed by atoms with E-state index >= 15 is 0 Å². The molecule has 0 radical (unpaired) electrons. The Bertz CT molecular complexity index is 1200. The Morgan fingerprint density at radius 3 is 1.86 bits per heavy atom. The highest BCUT2D eigenvalue weighted by Gasteiger charge is 2.48. The number of methoxy groups -OCH3 is 1. The van der Waals surface area contributed by atoms with Crippen LogP contribution in [0.3, 0.4) is 0 Å². The molecule has 0 aliphatic heterocycles. The standard InChI is InChI=1S/C35H59NO5Si2/c1-23(2)43(24(3)4,25(5)6)41-33-26(7)34(39-13)30(40-42(14,15)35(9,10)11)21-29(33)22-31(37)36(12)27(8)32(38)28-19-17-16-18-20-28/h16-21,23-25,27,32,38H,22H2,1-15H3/t27-,32+/m1/s1. The van der Waals surface area contributed by atoms with E-state index in [1.165, 1.54) is 0 Å². The quantitative estimate of drug-likeness (QED) is 0.224. The first kappa shape index (κ1) is 36.9. The fraction of sp³-hybridized carbons (Fsp3) is 0.629. The van der Waals surface area contributed by atoms with Crippen LogP contribution in [0.15, 0.2) is 36.4 Å². The molecule has 0 aliphatic rings. The minimum Gasteiger partial charge on any atom is -0.542 e. The molecule has 2 rings (SSSR count). The van der Waals surface area contributed by atoms with Crippen molar-refractivity contribution in [1.82, 2.24) is 4.90 Å². The summed E-state index contributed by atoms with van der Waals surface area (Å²) in [5.74, 6) is 1.96. The summed E-state index contributed by atoms with van der Waals surface area (Å²) in [4.78, 5) is 15.6. The van der Waals surface area contributed by atoms with Crippen LogP contribution in [-0.4, -0.2) is 52.7 Å². The summed E-state index contributed by atoms with van der Waals surface area (Å²) in [5.41, 5.74) is 3.50. The van der Waals surface area contributed by atoms with Gasteiger partial charge in [-0.15, -0.1) is 0 Å². The molecule has 1 N–H and O–H groups in total. The second-order valence-electron chi connectivity index (χ2n) is 14.6. The smallest absolute Gasteiger partial charge is 0.258 e. The van der Waals surface area contributed by atoms with Crippen molar-refractivity contribution in [3.63, 3.8) is 0 Å². The Kier molecular flexibility index (Phi) is 12.2. The number of hydrogen-bond acceptors (Lipinski definition) is 5. The third kappa shape index (κ3) is 7.87. The van der Waals surface area contributed by atoms with E-state index in [0.29, 0.717) is 28.1 Å². The van der Waals surface area contributed by atoms with Crippen LogP contribution >= 0.6 is 0 Å². The maximum Gasteiger partial charge on any atom is 0.258 e. The monoisotopic (exact) mass is 629 g/mol. The summed E-state index contributed by atoms with van der Waals surface area (Å²) in [6.07, 6.45) is -0.682. The van der Waals surface area contributed by atoms with Crippen molar-refractivity contribution < 1.29 is 23.5 Å². The minimum absolute atomic E-state index is 0.0186. The van der Waals surface area contributed by atoms with Crippen LogP contribution in [-0.2, 0) is 11.2 Å². The van der Waals surface area contributed by atoms with Crippen LogP contribution in [0.5, 0.6) is 17.2 Å². The molecule has 0 heterocycles. The van der Waals surface area contributed by atoms with Gasteiger partial charge in [0, 0.05) is 18.2 Å². The molecule has 1 amide bonds. The van der Waals surface area contributed by atoms with Crippen molar-refractivity contribution in [1.29, 1.82) is 0 Å². The summed E-state index contributed by atoms with van der Waals surface area (Å²) in [6, 6.07) is 11.0. The van der Waals surface area contributed by atoms with Crippen molar-refractivity contribution in [3.05, 3.63) is 53.1 Å². The third-order valence-corrected chi connectivity index (χ3v) is 20.1. The molecule has 0 aliphatic carbocycles. The Balaban J connectivity index is 2.71. The maximum atomic E-state index is 13.9. The van der Waals surface area contributed by atoms with E-state index in [-0.39, 0.29) is 17.4 Å². The number of hydrogen-bond donors (Lipinski definition) is 1. The van der Waals surface area contributed by atoms with Crippen LogP contribution in [0.4, 0.5) is 0 Å². The Morgan fingerprint density at radius 2 is 1.42 bits per heavy atom. The topological polar surface area (TPSA) is 68.2 Å². The highest BCUT2D eigenvalue weighted by Crippen LogP contribution is 2.49. The number of carbonyl (C=O) groups excluding carboxylic acids is 1. The number of likely N-dealkylation sites (N-methyl/N-ethyl adjacent to an activating group) is 1. The van der Waals surface area contributed by atoms with E-state index in [4.69, 9.17) is 13.6 Å². The van der Waals surface area contributed by atoms with Crippen molar-refractivity contribution in [2.24, 2.45) is 0 Å². The average molecular weight is 630 g/mol. The first-order chi connectivity index (χ1) is 19.7. The fourth-order valence-corrected chi connectivity index (χ4v) is 12.4. The number of aliphatic hydroxyl groups is 1. The van der Waals surface area contributed by atoms with Gasteiger partial charge in [0.1, 0.15) is 11.5 Å². The van der Waals surface area contributed by atoms with Gasteiger partial charge in [0.05, 0.1) is 25.7 Å². The maximum absolute atomic E-state index is 13.9. The van der Waals surface area contributed by atoms with Gasteiger partial charge >= 0.3 is 0 Å². The van der Waals surface area contributed by atoms with Gasteiger partial charge in [-0.2, -0.15) is 0 Å². The molecular weight excluding hydrogens is 571 g/mol. The van der Waals surface area contributed by atoms with Crippen LogP contribution in [0.25, 0.3) is 0 Å². The number of aliphatic hydroxyl groups excluding tert-OH is 1. The normalized spacial score (nSPS) is 14.2. The van der Waals surface area contributed by atoms with Gasteiger partial charge in [0.2, 0.25) is 5.91 Å². The fourth-order valence-electron chi connectivity index (χ4n) is 6.03. The zero-order valence-electron chi connectivity index (χ0n) is 29.6. The predicted octanol–water partition coefficient (Wildman–Crippen LogP) is 9.06. The molecule has 0 aromatic heterocycles. The number of rotatable bonds is 13. The van der Waals surface area contributed by atoms with Crippen molar-refractivity contribution in [3.8, 4) is 17.2 Å². The van der Waals surface area contributed by atoms with Gasteiger partial charge in [0.25, 0.3) is 16.6 Å². The second kappa shape index (κ2) is 14.2. The van der Waals surface area contributed by atoms with Crippen LogP contribution < -0.4 is 13.6 Å². The zero-order chi connectivity index (χ0) is 33.1. The van der Waals surface area contributed by atoms with Crippen LogP contribution in [0, 0.1) is 6.92 Å². The molecule has 0 saturated carbocycles. The lowest BCUT2D eigenvalue weighted by molar-refractivity contribution is -0.133. The van der Waals surface area contributed by atoms with Crippen molar-refractivity contribution in [2.45, 2.75) is 129 Å². The highest BCUT2D eigenvalue weighted by molar-refractivity contribution is 6.78. The third-order valence-electron chi connectivity index (χ3n) is 9.81. The highest BCUT2D eigenvalue weighted by atomic mass is 28.4. The summed E-state index contributed by atoms with van der Waals surface area (Å²) < 4.78 is 20.1. The van der Waals surface area contributed by atoms with E-state index in [0.717, 1.165) is 22.4 Å². The number of nitrogens with zero attached hydrogens (tertiary/aromatic N) is 1. The molecule has 0 spiro atoms. The Morgan fingerprint density at radius 1 is 0.907 bits per heavy atom. The van der Waals surface area contributed by atoms with Gasteiger partial charge in [-0.1, -0.05) is 92.6 Å². The summed E-state index contributed by atoms with van der Waals surface area (Å²) >= 11 is 0. The van der Waals surface area contributed by atoms with Crippen molar-refractivity contribution >= 4 is 22.5 Å². The SMILES string of the molecule is COc1c(O[Si](C)(C)C(C)(C)C)cc(CC(=O)N(C)[C@H](C)[C@H](O)c2ccccc2)c(O[Si](C(C)C)(C(C)C)C(C)C)c1C. The van der Waals surface area contributed by atoms with Gasteiger partial charge in [-0.3, -0.25) is 4.79 Å². The largest absolute Gasteiger partial charge is 0.542 e.